The zero-order valence-electron chi connectivity index (χ0n) is 17.1. The molecule has 154 valence electrons. The molecule has 6 heteroatoms. The van der Waals surface area contributed by atoms with Crippen LogP contribution in [0.1, 0.15) is 35.7 Å². The number of hydrogen-bond acceptors (Lipinski definition) is 4. The molecule has 30 heavy (non-hydrogen) atoms. The number of carbonyl (C=O) groups excluding carboxylic acids is 1. The minimum atomic E-state index is 0.0392. The molecule has 0 aliphatic carbocycles. The molecule has 1 saturated heterocycles. The van der Waals surface area contributed by atoms with Crippen molar-refractivity contribution in [2.75, 3.05) is 19.9 Å². The Balaban J connectivity index is 1.29. The summed E-state index contributed by atoms with van der Waals surface area (Å²) in [6, 6.07) is 15.8. The van der Waals surface area contributed by atoms with Crippen molar-refractivity contribution in [1.82, 2.24) is 15.1 Å². The molecule has 1 N–H and O–H groups in total. The van der Waals surface area contributed by atoms with Crippen molar-refractivity contribution >= 4 is 5.91 Å². The summed E-state index contributed by atoms with van der Waals surface area (Å²) in [7, 11) is 0. The first-order valence-electron chi connectivity index (χ1n) is 10.4. The van der Waals surface area contributed by atoms with Crippen molar-refractivity contribution in [3.05, 3.63) is 65.9 Å². The van der Waals surface area contributed by atoms with E-state index in [1.165, 1.54) is 5.56 Å². The number of piperidine rings is 1. The number of benzene rings is 2. The van der Waals surface area contributed by atoms with Crippen molar-refractivity contribution in [3.8, 4) is 22.8 Å². The number of rotatable bonds is 4. The van der Waals surface area contributed by atoms with E-state index in [0.29, 0.717) is 0 Å². The molecule has 1 unspecified atom stereocenters. The van der Waals surface area contributed by atoms with E-state index in [0.717, 1.165) is 60.7 Å². The van der Waals surface area contributed by atoms with E-state index in [4.69, 9.17) is 9.47 Å². The lowest BCUT2D eigenvalue weighted by atomic mass is 9.76. The number of aromatic amines is 1. The number of hydrogen-bond donors (Lipinski definition) is 1. The summed E-state index contributed by atoms with van der Waals surface area (Å²) < 4.78 is 10.9. The van der Waals surface area contributed by atoms with Crippen LogP contribution in [-0.4, -0.2) is 40.9 Å². The monoisotopic (exact) mass is 403 g/mol. The molecule has 0 spiro atoms. The third-order valence-corrected chi connectivity index (χ3v) is 6.08. The third kappa shape index (κ3) is 3.65. The highest BCUT2D eigenvalue weighted by Gasteiger charge is 2.34. The van der Waals surface area contributed by atoms with Gasteiger partial charge < -0.3 is 14.4 Å². The maximum Gasteiger partial charge on any atom is 0.253 e. The standard InChI is InChI=1S/C24H25N3O3/c1-24(14-17-3-8-21-22(13-17)30-16-29-21)10-2-12-27(15-24)23(28)19-6-4-18(5-7-19)20-9-11-25-26-20/h3-9,11,13H,2,10,12,14-16H2,1H3,(H,25,26). The van der Waals surface area contributed by atoms with Gasteiger partial charge in [-0.2, -0.15) is 5.10 Å². The van der Waals surface area contributed by atoms with E-state index in [1.807, 2.05) is 41.3 Å². The smallest absolute Gasteiger partial charge is 0.253 e. The lowest BCUT2D eigenvalue weighted by molar-refractivity contribution is 0.0550. The molecule has 3 heterocycles. The molecule has 1 atom stereocenters. The van der Waals surface area contributed by atoms with Gasteiger partial charge in [0.1, 0.15) is 0 Å². The summed E-state index contributed by atoms with van der Waals surface area (Å²) in [5, 5.41) is 6.94. The van der Waals surface area contributed by atoms with Gasteiger partial charge in [-0.15, -0.1) is 0 Å². The molecular weight excluding hydrogens is 378 g/mol. The fourth-order valence-corrected chi connectivity index (χ4v) is 4.57. The minimum Gasteiger partial charge on any atom is -0.454 e. The molecular formula is C24H25N3O3. The average molecular weight is 403 g/mol. The summed E-state index contributed by atoms with van der Waals surface area (Å²) in [5.74, 6) is 1.72. The van der Waals surface area contributed by atoms with Gasteiger partial charge in [0.2, 0.25) is 6.79 Å². The van der Waals surface area contributed by atoms with Gasteiger partial charge in [0, 0.05) is 24.8 Å². The van der Waals surface area contributed by atoms with Crippen LogP contribution in [0.2, 0.25) is 0 Å². The number of likely N-dealkylation sites (tertiary alicyclic amines) is 1. The second-order valence-corrected chi connectivity index (χ2v) is 8.55. The molecule has 6 nitrogen and oxygen atoms in total. The van der Waals surface area contributed by atoms with Crippen molar-refractivity contribution < 1.29 is 14.3 Å². The van der Waals surface area contributed by atoms with Crippen LogP contribution >= 0.6 is 0 Å². The van der Waals surface area contributed by atoms with Gasteiger partial charge in [0.15, 0.2) is 11.5 Å². The first kappa shape index (κ1) is 18.7. The number of nitrogens with zero attached hydrogens (tertiary/aromatic N) is 2. The van der Waals surface area contributed by atoms with Crippen LogP contribution in [0.3, 0.4) is 0 Å². The second kappa shape index (κ2) is 7.52. The summed E-state index contributed by atoms with van der Waals surface area (Å²) >= 11 is 0. The molecule has 1 amide bonds. The normalized spacial score (nSPS) is 20.4. The Morgan fingerprint density at radius 1 is 1.13 bits per heavy atom. The molecule has 2 aromatic carbocycles. The fourth-order valence-electron chi connectivity index (χ4n) is 4.57. The first-order chi connectivity index (χ1) is 14.6. The Hall–Kier alpha value is -3.28. The number of fused-ring (bicyclic) bond motifs is 1. The van der Waals surface area contributed by atoms with Crippen LogP contribution < -0.4 is 9.47 Å². The number of nitrogens with one attached hydrogen (secondary N) is 1. The third-order valence-electron chi connectivity index (χ3n) is 6.08. The molecule has 5 rings (SSSR count). The molecule has 2 aliphatic heterocycles. The average Bonchev–Trinajstić information content (AvgIpc) is 3.45. The van der Waals surface area contributed by atoms with Crippen LogP contribution in [0.15, 0.2) is 54.7 Å². The van der Waals surface area contributed by atoms with Crippen LogP contribution in [0.5, 0.6) is 11.5 Å². The predicted octanol–water partition coefficient (Wildman–Crippen LogP) is 4.29. The van der Waals surface area contributed by atoms with E-state index in [2.05, 4.69) is 29.3 Å². The Labute approximate surface area is 175 Å². The number of aromatic nitrogens is 2. The van der Waals surface area contributed by atoms with Crippen molar-refractivity contribution in [3.63, 3.8) is 0 Å². The lowest BCUT2D eigenvalue weighted by Crippen LogP contribution is -2.45. The van der Waals surface area contributed by atoms with Crippen LogP contribution in [0, 0.1) is 5.41 Å². The van der Waals surface area contributed by atoms with Gasteiger partial charge >= 0.3 is 0 Å². The molecule has 0 radical (unpaired) electrons. The Morgan fingerprint density at radius 3 is 2.77 bits per heavy atom. The van der Waals surface area contributed by atoms with Gasteiger partial charge in [0.25, 0.3) is 5.91 Å². The van der Waals surface area contributed by atoms with Crippen LogP contribution in [0.4, 0.5) is 0 Å². The highest BCUT2D eigenvalue weighted by molar-refractivity contribution is 5.94. The largest absolute Gasteiger partial charge is 0.454 e. The van der Waals surface area contributed by atoms with Crippen LogP contribution in [-0.2, 0) is 6.42 Å². The summed E-state index contributed by atoms with van der Waals surface area (Å²) in [5.41, 5.74) is 3.96. The molecule has 1 fully saturated rings. The number of H-pyrrole nitrogens is 1. The second-order valence-electron chi connectivity index (χ2n) is 8.55. The zero-order chi connectivity index (χ0) is 20.6. The number of carbonyl (C=O) groups is 1. The highest BCUT2D eigenvalue weighted by atomic mass is 16.7. The molecule has 0 saturated carbocycles. The predicted molar refractivity (Wildman–Crippen MR) is 114 cm³/mol. The quantitative estimate of drug-likeness (QED) is 0.706. The summed E-state index contributed by atoms with van der Waals surface area (Å²) in [4.78, 5) is 15.2. The van der Waals surface area contributed by atoms with E-state index in [9.17, 15) is 4.79 Å². The molecule has 2 aliphatic rings. The van der Waals surface area contributed by atoms with Crippen molar-refractivity contribution in [2.24, 2.45) is 5.41 Å². The molecule has 3 aromatic rings. The van der Waals surface area contributed by atoms with Crippen molar-refractivity contribution in [2.45, 2.75) is 26.2 Å². The highest BCUT2D eigenvalue weighted by Crippen LogP contribution is 2.38. The number of ether oxygens (including phenoxy) is 2. The fraction of sp³-hybridized carbons (Fsp3) is 0.333. The summed E-state index contributed by atoms with van der Waals surface area (Å²) in [6.45, 7) is 4.12. The maximum absolute atomic E-state index is 13.2. The van der Waals surface area contributed by atoms with Gasteiger partial charge in [-0.05, 0) is 66.1 Å². The van der Waals surface area contributed by atoms with Gasteiger partial charge in [0.05, 0.1) is 5.69 Å². The van der Waals surface area contributed by atoms with E-state index in [-0.39, 0.29) is 18.1 Å². The SMILES string of the molecule is CC1(Cc2ccc3c(c2)OCO3)CCCN(C(=O)c2ccc(-c3ccn[nH]3)cc2)C1. The summed E-state index contributed by atoms with van der Waals surface area (Å²) in [6.07, 6.45) is 4.75. The maximum atomic E-state index is 13.2. The molecule has 0 bridgehead atoms. The van der Waals surface area contributed by atoms with E-state index < -0.39 is 0 Å². The Kier molecular flexibility index (Phi) is 4.69. The molecule has 1 aromatic heterocycles. The van der Waals surface area contributed by atoms with Gasteiger partial charge in [-0.25, -0.2) is 0 Å². The van der Waals surface area contributed by atoms with Crippen LogP contribution in [0.25, 0.3) is 11.3 Å². The first-order valence-corrected chi connectivity index (χ1v) is 10.4. The Morgan fingerprint density at radius 2 is 1.97 bits per heavy atom. The van der Waals surface area contributed by atoms with Gasteiger partial charge in [-0.1, -0.05) is 25.1 Å². The van der Waals surface area contributed by atoms with Crippen molar-refractivity contribution in [1.29, 1.82) is 0 Å². The van der Waals surface area contributed by atoms with E-state index >= 15 is 0 Å². The minimum absolute atomic E-state index is 0.0392. The van der Waals surface area contributed by atoms with E-state index in [1.54, 1.807) is 6.20 Å². The topological polar surface area (TPSA) is 67.5 Å². The Bertz CT molecular complexity index is 1050. The number of amides is 1. The lowest BCUT2D eigenvalue weighted by Gasteiger charge is -2.41. The zero-order valence-corrected chi connectivity index (χ0v) is 17.1. The van der Waals surface area contributed by atoms with Gasteiger partial charge in [-0.3, -0.25) is 9.89 Å².